The number of amides is 4. The third-order valence-corrected chi connectivity index (χ3v) is 5.68. The lowest BCUT2D eigenvalue weighted by molar-refractivity contribution is -0.153. The van der Waals surface area contributed by atoms with Gasteiger partial charge in [0.15, 0.2) is 11.9 Å². The number of imide groups is 1. The molecule has 1 saturated heterocycles. The van der Waals surface area contributed by atoms with E-state index in [0.717, 1.165) is 17.7 Å². The molecule has 1 spiro atoms. The fourth-order valence-electron chi connectivity index (χ4n) is 3.95. The summed E-state index contributed by atoms with van der Waals surface area (Å²) in [6.45, 7) is 3.00. The number of nitrogens with zero attached hydrogens (tertiary/aromatic N) is 1. The molecule has 1 aliphatic carbocycles. The number of esters is 1. The van der Waals surface area contributed by atoms with E-state index in [9.17, 15) is 24.0 Å². The van der Waals surface area contributed by atoms with Crippen molar-refractivity contribution in [2.24, 2.45) is 0 Å². The number of nitrogens with one attached hydrogen (secondary N) is 2. The van der Waals surface area contributed by atoms with Crippen molar-refractivity contribution in [3.05, 3.63) is 29.8 Å². The van der Waals surface area contributed by atoms with E-state index in [2.05, 4.69) is 10.6 Å². The van der Waals surface area contributed by atoms with Crippen molar-refractivity contribution in [2.75, 3.05) is 11.9 Å². The molecule has 2 fully saturated rings. The number of ketones is 1. The van der Waals surface area contributed by atoms with Gasteiger partial charge in [0.2, 0.25) is 0 Å². The first-order valence-electron chi connectivity index (χ1n) is 10.5. The number of carbonyl (C=O) groups excluding carboxylic acids is 5. The van der Waals surface area contributed by atoms with E-state index in [1.807, 2.05) is 0 Å². The Balaban J connectivity index is 1.43. The Morgan fingerprint density at radius 1 is 1.23 bits per heavy atom. The largest absolute Gasteiger partial charge is 0.453 e. The van der Waals surface area contributed by atoms with Crippen molar-refractivity contribution in [3.63, 3.8) is 0 Å². The minimum Gasteiger partial charge on any atom is -0.453 e. The molecule has 1 atom stereocenters. The summed E-state index contributed by atoms with van der Waals surface area (Å²) in [4.78, 5) is 61.7. The van der Waals surface area contributed by atoms with E-state index in [0.29, 0.717) is 24.1 Å². The summed E-state index contributed by atoms with van der Waals surface area (Å²) in [6.07, 6.45) is 2.31. The molecule has 1 aliphatic heterocycles. The second-order valence-corrected chi connectivity index (χ2v) is 8.04. The van der Waals surface area contributed by atoms with E-state index < -0.39 is 29.6 Å². The monoisotopic (exact) mass is 429 g/mol. The smallest absolute Gasteiger partial charge is 0.325 e. The van der Waals surface area contributed by atoms with Gasteiger partial charge in [-0.25, -0.2) is 4.79 Å². The molecule has 3 rings (SSSR count). The molecule has 1 heterocycles. The van der Waals surface area contributed by atoms with Crippen molar-refractivity contribution in [1.29, 1.82) is 0 Å². The Bertz CT molecular complexity index is 906. The molecular formula is C22H27N3O6. The Morgan fingerprint density at radius 2 is 1.94 bits per heavy atom. The van der Waals surface area contributed by atoms with Gasteiger partial charge in [-0.1, -0.05) is 25.0 Å². The minimum atomic E-state index is -1.04. The first-order valence-corrected chi connectivity index (χ1v) is 10.5. The van der Waals surface area contributed by atoms with Gasteiger partial charge in [-0.3, -0.25) is 24.1 Å². The molecule has 0 unspecified atom stereocenters. The van der Waals surface area contributed by atoms with Crippen LogP contribution in [0.1, 0.15) is 62.7 Å². The zero-order valence-corrected chi connectivity index (χ0v) is 17.7. The van der Waals surface area contributed by atoms with Gasteiger partial charge in [0.05, 0.1) is 0 Å². The zero-order valence-electron chi connectivity index (χ0n) is 17.7. The molecule has 1 aromatic rings. The predicted molar refractivity (Wildman–Crippen MR) is 111 cm³/mol. The van der Waals surface area contributed by atoms with Gasteiger partial charge < -0.3 is 15.4 Å². The van der Waals surface area contributed by atoms with Gasteiger partial charge in [0, 0.05) is 24.2 Å². The van der Waals surface area contributed by atoms with Crippen molar-refractivity contribution in [2.45, 2.75) is 64.0 Å². The lowest BCUT2D eigenvalue weighted by atomic mass is 9.98. The topological polar surface area (TPSA) is 122 Å². The van der Waals surface area contributed by atoms with Gasteiger partial charge in [0.1, 0.15) is 5.54 Å². The number of hydrogen-bond donors (Lipinski definition) is 2. The van der Waals surface area contributed by atoms with E-state index in [-0.39, 0.29) is 31.1 Å². The third-order valence-electron chi connectivity index (χ3n) is 5.68. The molecule has 9 heteroatoms. The lowest BCUT2D eigenvalue weighted by Crippen LogP contribution is -2.44. The average molecular weight is 429 g/mol. The summed E-state index contributed by atoms with van der Waals surface area (Å²) in [5.74, 6) is -1.46. The van der Waals surface area contributed by atoms with Crippen LogP contribution in [0.25, 0.3) is 0 Å². The molecule has 166 valence electrons. The van der Waals surface area contributed by atoms with E-state index >= 15 is 0 Å². The van der Waals surface area contributed by atoms with E-state index in [4.69, 9.17) is 4.74 Å². The molecule has 4 amide bonds. The first kappa shape index (κ1) is 22.5. The number of urea groups is 1. The van der Waals surface area contributed by atoms with E-state index in [1.165, 1.54) is 13.8 Å². The van der Waals surface area contributed by atoms with Gasteiger partial charge in [-0.15, -0.1) is 0 Å². The molecule has 0 bridgehead atoms. The highest BCUT2D eigenvalue weighted by atomic mass is 16.5. The maximum Gasteiger partial charge on any atom is 0.325 e. The predicted octanol–water partition coefficient (Wildman–Crippen LogP) is 2.40. The molecule has 9 nitrogen and oxygen atoms in total. The van der Waals surface area contributed by atoms with Crippen LogP contribution in [-0.2, 0) is 19.1 Å². The van der Waals surface area contributed by atoms with Crippen LogP contribution in [0.3, 0.4) is 0 Å². The minimum absolute atomic E-state index is 0.0263. The lowest BCUT2D eigenvalue weighted by Gasteiger charge is -2.20. The third kappa shape index (κ3) is 5.10. The summed E-state index contributed by atoms with van der Waals surface area (Å²) in [7, 11) is 0. The Morgan fingerprint density at radius 3 is 2.61 bits per heavy atom. The molecule has 2 aliphatic rings. The van der Waals surface area contributed by atoms with Crippen LogP contribution in [0.5, 0.6) is 0 Å². The fourth-order valence-corrected chi connectivity index (χ4v) is 3.95. The second kappa shape index (κ2) is 9.28. The van der Waals surface area contributed by atoms with Crippen LogP contribution in [0.4, 0.5) is 10.5 Å². The summed E-state index contributed by atoms with van der Waals surface area (Å²) >= 11 is 0. The number of ether oxygens (including phenoxy) is 1. The highest BCUT2D eigenvalue weighted by Gasteiger charge is 2.52. The molecule has 1 aromatic carbocycles. The molecular weight excluding hydrogens is 402 g/mol. The fraction of sp³-hybridized carbons (Fsp3) is 0.500. The second-order valence-electron chi connectivity index (χ2n) is 8.04. The summed E-state index contributed by atoms with van der Waals surface area (Å²) in [6, 6.07) is 6.05. The number of hydrogen-bond acceptors (Lipinski definition) is 6. The Kier molecular flexibility index (Phi) is 6.72. The zero-order chi connectivity index (χ0) is 22.6. The van der Waals surface area contributed by atoms with E-state index in [1.54, 1.807) is 24.3 Å². The maximum atomic E-state index is 12.6. The van der Waals surface area contributed by atoms with Gasteiger partial charge in [0.25, 0.3) is 11.8 Å². The maximum absolute atomic E-state index is 12.6. The van der Waals surface area contributed by atoms with Crippen LogP contribution < -0.4 is 10.6 Å². The number of carbonyl (C=O) groups is 5. The van der Waals surface area contributed by atoms with Crippen molar-refractivity contribution < 1.29 is 28.7 Å². The number of Topliss-reactive ketones (excluding diaryl/α,β-unsaturated/α-hetero) is 1. The standard InChI is InChI=1S/C22H27N3O6/c1-14(26)16-7-5-8-17(13-16)23-19(28)15(2)31-18(27)9-6-12-25-20(29)22(24-21(25)30)10-3-4-11-22/h5,7-8,13,15H,3-4,6,9-12H2,1-2H3,(H,23,28)(H,24,30)/t15-/m0/s1. The average Bonchev–Trinajstić information content (AvgIpc) is 3.28. The molecule has 0 radical (unpaired) electrons. The molecule has 31 heavy (non-hydrogen) atoms. The van der Waals surface area contributed by atoms with Gasteiger partial charge in [-0.05, 0) is 45.2 Å². The Hall–Kier alpha value is -3.23. The van der Waals surface area contributed by atoms with Crippen molar-refractivity contribution >= 4 is 35.3 Å². The van der Waals surface area contributed by atoms with Crippen molar-refractivity contribution in [1.82, 2.24) is 10.2 Å². The van der Waals surface area contributed by atoms with Crippen LogP contribution >= 0.6 is 0 Å². The van der Waals surface area contributed by atoms with Crippen LogP contribution in [0, 0.1) is 0 Å². The molecule has 2 N–H and O–H groups in total. The number of benzene rings is 1. The highest BCUT2D eigenvalue weighted by molar-refractivity contribution is 6.07. The number of rotatable bonds is 8. The van der Waals surface area contributed by atoms with Crippen molar-refractivity contribution in [3.8, 4) is 0 Å². The van der Waals surface area contributed by atoms with Crippen LogP contribution in [-0.4, -0.2) is 52.7 Å². The summed E-state index contributed by atoms with van der Waals surface area (Å²) in [5, 5.41) is 5.40. The molecule has 0 aromatic heterocycles. The highest BCUT2D eigenvalue weighted by Crippen LogP contribution is 2.35. The summed E-state index contributed by atoms with van der Waals surface area (Å²) in [5.41, 5.74) is 0.131. The summed E-state index contributed by atoms with van der Waals surface area (Å²) < 4.78 is 5.15. The van der Waals surface area contributed by atoms with Crippen LogP contribution in [0.2, 0.25) is 0 Å². The molecule has 1 saturated carbocycles. The first-order chi connectivity index (χ1) is 14.7. The quantitative estimate of drug-likeness (QED) is 0.372. The van der Waals surface area contributed by atoms with Crippen LogP contribution in [0.15, 0.2) is 24.3 Å². The Labute approximate surface area is 180 Å². The number of anilines is 1. The van der Waals surface area contributed by atoms with Gasteiger partial charge in [-0.2, -0.15) is 0 Å². The van der Waals surface area contributed by atoms with Gasteiger partial charge >= 0.3 is 12.0 Å². The normalized spacial score (nSPS) is 18.1. The SMILES string of the molecule is CC(=O)c1cccc(NC(=O)[C@H](C)OC(=O)CCCN2C(=O)NC3(CCCC3)C2=O)c1.